The van der Waals surface area contributed by atoms with E-state index in [1.807, 2.05) is 18.2 Å². The van der Waals surface area contributed by atoms with Crippen LogP contribution in [0.1, 0.15) is 61.4 Å². The van der Waals surface area contributed by atoms with Gasteiger partial charge in [0.15, 0.2) is 5.78 Å². The van der Waals surface area contributed by atoms with E-state index in [9.17, 15) is 14.4 Å². The molecule has 1 heterocycles. The minimum Gasteiger partial charge on any atom is -0.378 e. The Labute approximate surface area is 229 Å². The summed E-state index contributed by atoms with van der Waals surface area (Å²) in [4.78, 5) is 40.5. The Kier molecular flexibility index (Phi) is 7.94. The summed E-state index contributed by atoms with van der Waals surface area (Å²) in [6.45, 7) is 5.56. The van der Waals surface area contributed by atoms with Crippen LogP contribution in [0.5, 0.6) is 0 Å². The van der Waals surface area contributed by atoms with Gasteiger partial charge < -0.3 is 19.7 Å². The van der Waals surface area contributed by atoms with Crippen molar-refractivity contribution < 1.29 is 23.9 Å². The first-order valence-electron chi connectivity index (χ1n) is 14.5. The molecule has 7 atom stereocenters. The zero-order valence-electron chi connectivity index (χ0n) is 22.4. The van der Waals surface area contributed by atoms with Crippen molar-refractivity contribution in [1.82, 2.24) is 10.2 Å². The lowest BCUT2D eigenvalue weighted by Crippen LogP contribution is -2.48. The van der Waals surface area contributed by atoms with E-state index < -0.39 is 12.0 Å². The summed E-state index contributed by atoms with van der Waals surface area (Å²) in [5.41, 5.74) is 1.66. The van der Waals surface area contributed by atoms with E-state index in [1.54, 1.807) is 23.6 Å². The van der Waals surface area contributed by atoms with E-state index in [0.717, 1.165) is 59.1 Å². The monoisotopic (exact) mass is 540 g/mol. The lowest BCUT2D eigenvalue weighted by Gasteiger charge is -2.32. The Morgan fingerprint density at radius 1 is 1.00 bits per heavy atom. The topological polar surface area (TPSA) is 84.9 Å². The molecular formula is C30H40N2O5S. The predicted molar refractivity (Wildman–Crippen MR) is 145 cm³/mol. The Balaban J connectivity index is 0.876. The molecule has 6 aliphatic rings. The predicted octanol–water partition coefficient (Wildman–Crippen LogP) is 3.73. The molecule has 0 radical (unpaired) electrons. The van der Waals surface area contributed by atoms with Crippen LogP contribution in [0.3, 0.4) is 0 Å². The molecule has 38 heavy (non-hydrogen) atoms. The van der Waals surface area contributed by atoms with Crippen LogP contribution in [0.25, 0.3) is 0 Å². The molecule has 7 unspecified atom stereocenters. The first-order chi connectivity index (χ1) is 18.5. The molecule has 1 N–H and O–H groups in total. The smallest absolute Gasteiger partial charge is 0.255 e. The molecule has 5 saturated carbocycles. The van der Waals surface area contributed by atoms with Gasteiger partial charge in [0.2, 0.25) is 0 Å². The number of carbonyl (C=O) groups is 3. The molecule has 7 rings (SSSR count). The highest BCUT2D eigenvalue weighted by atomic mass is 32.2. The first kappa shape index (κ1) is 26.5. The molecule has 1 amide bonds. The van der Waals surface area contributed by atoms with Crippen molar-refractivity contribution in [2.45, 2.75) is 69.0 Å². The van der Waals surface area contributed by atoms with Crippen LogP contribution in [-0.4, -0.2) is 73.2 Å². The quantitative estimate of drug-likeness (QED) is 0.246. The van der Waals surface area contributed by atoms with Crippen LogP contribution >= 0.6 is 11.8 Å². The van der Waals surface area contributed by atoms with Crippen molar-refractivity contribution in [2.75, 3.05) is 38.7 Å². The second-order valence-corrected chi connectivity index (χ2v) is 13.0. The lowest BCUT2D eigenvalue weighted by atomic mass is 9.79. The summed E-state index contributed by atoms with van der Waals surface area (Å²) in [5.74, 6) is 3.79. The fourth-order valence-electron chi connectivity index (χ4n) is 7.99. The highest BCUT2D eigenvalue weighted by Crippen LogP contribution is 2.58. The van der Waals surface area contributed by atoms with E-state index in [0.29, 0.717) is 44.8 Å². The van der Waals surface area contributed by atoms with Gasteiger partial charge in [0.25, 0.3) is 5.91 Å². The van der Waals surface area contributed by atoms with Gasteiger partial charge in [-0.1, -0.05) is 6.07 Å². The van der Waals surface area contributed by atoms with Gasteiger partial charge in [0, 0.05) is 41.8 Å². The third-order valence-electron chi connectivity index (χ3n) is 9.77. The van der Waals surface area contributed by atoms with Crippen LogP contribution < -0.4 is 5.32 Å². The van der Waals surface area contributed by atoms with Crippen molar-refractivity contribution >= 4 is 29.2 Å². The van der Waals surface area contributed by atoms with Crippen molar-refractivity contribution in [3.8, 4) is 0 Å². The molecule has 0 aromatic heterocycles. The number of ketones is 2. The van der Waals surface area contributed by atoms with Crippen LogP contribution in [0, 0.1) is 29.6 Å². The number of hydrogen-bond donors (Lipinski definition) is 1. The Morgan fingerprint density at radius 3 is 2.66 bits per heavy atom. The van der Waals surface area contributed by atoms with Gasteiger partial charge in [0.05, 0.1) is 38.4 Å². The second kappa shape index (κ2) is 11.4. The van der Waals surface area contributed by atoms with Crippen molar-refractivity contribution in [1.29, 1.82) is 0 Å². The fraction of sp³-hybridized carbons (Fsp3) is 0.700. The number of benzene rings is 1. The number of rotatable bonds is 12. The van der Waals surface area contributed by atoms with Crippen LogP contribution in [-0.2, 0) is 25.6 Å². The summed E-state index contributed by atoms with van der Waals surface area (Å²) in [5, 5.41) is 3.79. The standard InChI is InChI=1S/C30H40N2O5S/c1-18-26(33)6-5-25(29(18)34)32-17-24-22(30(32)35)3-2-4-27(24)38-12-11-37-10-9-36-8-7-31-28-21-14-19-13-20(16-21)23(28)15-19/h2-4,18-21,23,25,28,31H,5-17H2,1H3. The van der Waals surface area contributed by atoms with E-state index >= 15 is 0 Å². The average Bonchev–Trinajstić information content (AvgIpc) is 3.49. The van der Waals surface area contributed by atoms with Crippen molar-refractivity contribution in [2.24, 2.45) is 29.6 Å². The number of thioether (sulfide) groups is 1. The largest absolute Gasteiger partial charge is 0.378 e. The van der Waals surface area contributed by atoms with Crippen LogP contribution in [0.4, 0.5) is 0 Å². The number of nitrogens with zero attached hydrogens (tertiary/aromatic N) is 1. The van der Waals surface area contributed by atoms with E-state index in [4.69, 9.17) is 9.47 Å². The number of amides is 1. The average molecular weight is 541 g/mol. The molecule has 1 aliphatic heterocycles. The number of fused-ring (bicyclic) bond motifs is 1. The number of carbonyl (C=O) groups excluding carboxylic acids is 3. The minimum atomic E-state index is -0.617. The van der Waals surface area contributed by atoms with Crippen molar-refractivity contribution in [3.05, 3.63) is 29.3 Å². The van der Waals surface area contributed by atoms with Gasteiger partial charge in [-0.15, -0.1) is 11.8 Å². The van der Waals surface area contributed by atoms with Crippen LogP contribution in [0.2, 0.25) is 0 Å². The zero-order valence-corrected chi connectivity index (χ0v) is 23.2. The van der Waals surface area contributed by atoms with Crippen LogP contribution in [0.15, 0.2) is 23.1 Å². The third kappa shape index (κ3) is 5.09. The van der Waals surface area contributed by atoms with Crippen molar-refractivity contribution in [3.63, 3.8) is 0 Å². The van der Waals surface area contributed by atoms with E-state index in [1.165, 1.54) is 25.7 Å². The Morgan fingerprint density at radius 2 is 1.82 bits per heavy atom. The number of Topliss-reactive ketones (excluding diaryl/α,β-unsaturated/α-hetero) is 2. The summed E-state index contributed by atoms with van der Waals surface area (Å²) in [7, 11) is 0. The molecule has 8 heteroatoms. The Hall–Kier alpha value is -1.74. The van der Waals surface area contributed by atoms with E-state index in [2.05, 4.69) is 5.32 Å². The lowest BCUT2D eigenvalue weighted by molar-refractivity contribution is -0.138. The maximum absolute atomic E-state index is 13.1. The highest BCUT2D eigenvalue weighted by Gasteiger charge is 2.53. The molecule has 1 aromatic rings. The van der Waals surface area contributed by atoms with Gasteiger partial charge in [-0.2, -0.15) is 0 Å². The van der Waals surface area contributed by atoms with Gasteiger partial charge in [0.1, 0.15) is 5.78 Å². The molecule has 0 saturated heterocycles. The molecule has 1 aromatic carbocycles. The minimum absolute atomic E-state index is 0.0176. The number of ether oxygens (including phenoxy) is 2. The number of nitrogens with one attached hydrogen (secondary N) is 1. The SMILES string of the molecule is CC1C(=O)CCC(N2Cc3c(SCCOCCOCCNC4C5CC6CC(C5)C4C6)cccc3C2=O)C1=O. The molecule has 0 spiro atoms. The molecular weight excluding hydrogens is 500 g/mol. The summed E-state index contributed by atoms with van der Waals surface area (Å²) in [6, 6.07) is 6.01. The molecule has 7 nitrogen and oxygen atoms in total. The zero-order chi connectivity index (χ0) is 26.2. The van der Waals surface area contributed by atoms with Gasteiger partial charge >= 0.3 is 0 Å². The normalized spacial score (nSPS) is 33.6. The highest BCUT2D eigenvalue weighted by molar-refractivity contribution is 7.99. The molecule has 4 bridgehead atoms. The third-order valence-corrected chi connectivity index (χ3v) is 10.8. The summed E-state index contributed by atoms with van der Waals surface area (Å²) >= 11 is 1.68. The van der Waals surface area contributed by atoms with Gasteiger partial charge in [-0.25, -0.2) is 0 Å². The number of hydrogen-bond acceptors (Lipinski definition) is 7. The molecule has 5 aliphatic carbocycles. The van der Waals surface area contributed by atoms with Gasteiger partial charge in [-0.3, -0.25) is 14.4 Å². The molecule has 5 fully saturated rings. The maximum Gasteiger partial charge on any atom is 0.255 e. The Bertz CT molecular complexity index is 1070. The van der Waals surface area contributed by atoms with Gasteiger partial charge in [-0.05, 0) is 80.4 Å². The van der Waals surface area contributed by atoms with E-state index in [-0.39, 0.29) is 17.5 Å². The summed E-state index contributed by atoms with van der Waals surface area (Å²) < 4.78 is 11.6. The first-order valence-corrected chi connectivity index (χ1v) is 15.5. The molecule has 206 valence electrons. The maximum atomic E-state index is 13.1. The summed E-state index contributed by atoms with van der Waals surface area (Å²) in [6.07, 6.45) is 6.62. The fourth-order valence-corrected chi connectivity index (χ4v) is 8.94. The second-order valence-electron chi connectivity index (χ2n) is 11.9.